The zero-order valence-electron chi connectivity index (χ0n) is 18.2. The van der Waals surface area contributed by atoms with Crippen molar-refractivity contribution in [3.63, 3.8) is 0 Å². The van der Waals surface area contributed by atoms with Crippen LogP contribution in [0.15, 0.2) is 36.4 Å². The maximum atomic E-state index is 15.5. The van der Waals surface area contributed by atoms with E-state index < -0.39 is 11.8 Å². The van der Waals surface area contributed by atoms with E-state index in [2.05, 4.69) is 28.7 Å². The first-order chi connectivity index (χ1) is 15.0. The summed E-state index contributed by atoms with van der Waals surface area (Å²) in [7, 11) is 2.08. The largest absolute Gasteiger partial charge is 0.478 e. The predicted octanol–water partition coefficient (Wildman–Crippen LogP) is 3.16. The lowest BCUT2D eigenvalue weighted by Gasteiger charge is -2.40. The average molecular weight is 428 g/mol. The average Bonchev–Trinajstić information content (AvgIpc) is 2.77. The Hall–Kier alpha value is -2.48. The minimum Gasteiger partial charge on any atom is -0.478 e. The summed E-state index contributed by atoms with van der Waals surface area (Å²) < 4.78 is 21.0. The molecule has 2 saturated heterocycles. The van der Waals surface area contributed by atoms with E-state index in [-0.39, 0.29) is 11.1 Å². The number of benzene rings is 2. The molecule has 0 unspecified atom stereocenters. The summed E-state index contributed by atoms with van der Waals surface area (Å²) in [4.78, 5) is 19.1. The summed E-state index contributed by atoms with van der Waals surface area (Å²) in [6, 6.07) is 10.8. The Morgan fingerprint density at radius 1 is 1.16 bits per heavy atom. The number of carboxylic acids is 1. The second kappa shape index (κ2) is 9.34. The molecular weight excluding hydrogens is 397 g/mol. The van der Waals surface area contributed by atoms with E-state index in [1.54, 1.807) is 30.3 Å². The van der Waals surface area contributed by atoms with Gasteiger partial charge in [-0.3, -0.25) is 4.90 Å². The molecule has 1 N–H and O–H groups in total. The lowest BCUT2D eigenvalue weighted by Crippen LogP contribution is -2.50. The van der Waals surface area contributed by atoms with E-state index in [0.717, 1.165) is 32.7 Å². The highest BCUT2D eigenvalue weighted by Gasteiger charge is 2.30. The van der Waals surface area contributed by atoms with Crippen LogP contribution in [-0.2, 0) is 11.3 Å². The number of anilines is 1. The molecule has 4 rings (SSSR count). The lowest BCUT2D eigenvalue weighted by atomic mass is 9.92. The van der Waals surface area contributed by atoms with Gasteiger partial charge >= 0.3 is 5.97 Å². The zero-order chi connectivity index (χ0) is 22.0. The van der Waals surface area contributed by atoms with Crippen molar-refractivity contribution in [2.45, 2.75) is 19.5 Å². The fraction of sp³-hybridized carbons (Fsp3) is 0.458. The number of nitrogens with zero attached hydrogens (tertiary/aromatic N) is 3. The molecule has 0 radical (unpaired) electrons. The van der Waals surface area contributed by atoms with E-state index in [9.17, 15) is 9.90 Å². The second-order valence-corrected chi connectivity index (χ2v) is 8.44. The van der Waals surface area contributed by atoms with Crippen molar-refractivity contribution in [3.05, 3.63) is 53.3 Å². The summed E-state index contributed by atoms with van der Waals surface area (Å²) in [5.74, 6) is -1.58. The van der Waals surface area contributed by atoms with E-state index in [0.29, 0.717) is 42.6 Å². The molecule has 166 valence electrons. The van der Waals surface area contributed by atoms with Crippen LogP contribution in [0.4, 0.5) is 10.1 Å². The van der Waals surface area contributed by atoms with Gasteiger partial charge in [0.1, 0.15) is 5.82 Å². The number of morpholine rings is 1. The van der Waals surface area contributed by atoms with Gasteiger partial charge in [-0.05, 0) is 25.6 Å². The van der Waals surface area contributed by atoms with Crippen LogP contribution < -0.4 is 4.90 Å². The third-order valence-corrected chi connectivity index (χ3v) is 6.43. The number of likely N-dealkylation sites (N-methyl/N-ethyl adjacent to an activating group) is 1. The number of rotatable bonds is 5. The molecule has 2 aromatic rings. The molecule has 31 heavy (non-hydrogen) atoms. The molecule has 0 amide bonds. The number of aromatic carboxylic acids is 1. The molecule has 2 aromatic carbocycles. The zero-order valence-corrected chi connectivity index (χ0v) is 18.2. The van der Waals surface area contributed by atoms with Crippen molar-refractivity contribution in [1.29, 1.82) is 0 Å². The van der Waals surface area contributed by atoms with Gasteiger partial charge in [-0.25, -0.2) is 9.18 Å². The summed E-state index contributed by atoms with van der Waals surface area (Å²) in [5.41, 5.74) is 2.20. The minimum atomic E-state index is -1.09. The van der Waals surface area contributed by atoms with Gasteiger partial charge in [-0.2, -0.15) is 0 Å². The Balaban J connectivity index is 1.86. The number of halogens is 1. The van der Waals surface area contributed by atoms with Crippen LogP contribution in [0.25, 0.3) is 11.1 Å². The van der Waals surface area contributed by atoms with Crippen molar-refractivity contribution in [2.75, 3.05) is 57.9 Å². The van der Waals surface area contributed by atoms with E-state index in [1.807, 2.05) is 6.07 Å². The maximum Gasteiger partial charge on any atom is 0.336 e. The third kappa shape index (κ3) is 4.59. The topological polar surface area (TPSA) is 56.3 Å². The van der Waals surface area contributed by atoms with E-state index in [1.165, 1.54) is 0 Å². The Labute approximate surface area is 182 Å². The van der Waals surface area contributed by atoms with Gasteiger partial charge in [0.05, 0.1) is 18.8 Å². The standard InChI is InChI=1S/C24H30FN3O3/c1-17-15-28(9-8-26(17)2)21-14-20(25)22(18-6-4-3-5-7-18)23(24(29)30)19(21)16-27-10-12-31-13-11-27/h3-7,14,17H,8-13,15-16H2,1-2H3,(H,29,30)/t17-/m1/s1. The number of carboxylic acid groups (broad SMARTS) is 1. The van der Waals surface area contributed by atoms with Gasteiger partial charge in [-0.15, -0.1) is 0 Å². The van der Waals surface area contributed by atoms with Crippen molar-refractivity contribution in [3.8, 4) is 11.1 Å². The van der Waals surface area contributed by atoms with Gasteiger partial charge in [-0.1, -0.05) is 30.3 Å². The molecule has 7 heteroatoms. The molecule has 6 nitrogen and oxygen atoms in total. The van der Waals surface area contributed by atoms with E-state index >= 15 is 4.39 Å². The second-order valence-electron chi connectivity index (χ2n) is 8.44. The van der Waals surface area contributed by atoms with Gasteiger partial charge < -0.3 is 19.6 Å². The lowest BCUT2D eigenvalue weighted by molar-refractivity contribution is 0.0339. The molecule has 0 saturated carbocycles. The molecule has 1 atom stereocenters. The third-order valence-electron chi connectivity index (χ3n) is 6.43. The van der Waals surface area contributed by atoms with Crippen molar-refractivity contribution < 1.29 is 19.0 Å². The Bertz CT molecular complexity index is 931. The fourth-order valence-corrected chi connectivity index (χ4v) is 4.49. The van der Waals surface area contributed by atoms with Crippen LogP contribution in [-0.4, -0.2) is 79.9 Å². The molecule has 2 fully saturated rings. The number of piperazine rings is 1. The number of ether oxygens (including phenoxy) is 1. The highest BCUT2D eigenvalue weighted by atomic mass is 19.1. The molecular formula is C24H30FN3O3. The van der Waals surface area contributed by atoms with Crippen molar-refractivity contribution in [1.82, 2.24) is 9.80 Å². The minimum absolute atomic E-state index is 0.0688. The summed E-state index contributed by atoms with van der Waals surface area (Å²) in [6.07, 6.45) is 0. The van der Waals surface area contributed by atoms with Crippen LogP contribution in [0.5, 0.6) is 0 Å². The van der Waals surface area contributed by atoms with Crippen LogP contribution in [0, 0.1) is 5.82 Å². The quantitative estimate of drug-likeness (QED) is 0.791. The van der Waals surface area contributed by atoms with Crippen LogP contribution >= 0.6 is 0 Å². The number of carbonyl (C=O) groups is 1. The Kier molecular flexibility index (Phi) is 6.55. The smallest absolute Gasteiger partial charge is 0.336 e. The molecule has 0 bridgehead atoms. The summed E-state index contributed by atoms with van der Waals surface area (Å²) in [5, 5.41) is 10.2. The van der Waals surface area contributed by atoms with Crippen molar-refractivity contribution in [2.24, 2.45) is 0 Å². The summed E-state index contributed by atoms with van der Waals surface area (Å²) >= 11 is 0. The van der Waals surface area contributed by atoms with Crippen LogP contribution in [0.1, 0.15) is 22.8 Å². The first kappa shape index (κ1) is 21.7. The SMILES string of the molecule is C[C@@H]1CN(c2cc(F)c(-c3ccccc3)c(C(=O)O)c2CN2CCOCC2)CCN1C. The highest BCUT2D eigenvalue weighted by Crippen LogP contribution is 2.37. The Morgan fingerprint density at radius 3 is 2.52 bits per heavy atom. The molecule has 0 aromatic heterocycles. The van der Waals surface area contributed by atoms with Gasteiger partial charge in [0.25, 0.3) is 0 Å². The molecule has 2 aliphatic heterocycles. The van der Waals surface area contributed by atoms with Gasteiger partial charge in [0.2, 0.25) is 0 Å². The number of hydrogen-bond donors (Lipinski definition) is 1. The van der Waals surface area contributed by atoms with Crippen molar-refractivity contribution >= 4 is 11.7 Å². The maximum absolute atomic E-state index is 15.5. The van der Waals surface area contributed by atoms with Gasteiger partial charge in [0.15, 0.2) is 0 Å². The van der Waals surface area contributed by atoms with Crippen LogP contribution in [0.2, 0.25) is 0 Å². The van der Waals surface area contributed by atoms with Gasteiger partial charge in [0, 0.05) is 62.1 Å². The summed E-state index contributed by atoms with van der Waals surface area (Å²) in [6.45, 7) is 7.62. The monoisotopic (exact) mass is 427 g/mol. The molecule has 2 heterocycles. The predicted molar refractivity (Wildman–Crippen MR) is 119 cm³/mol. The molecule has 0 aliphatic carbocycles. The fourth-order valence-electron chi connectivity index (χ4n) is 4.49. The highest BCUT2D eigenvalue weighted by molar-refractivity contribution is 5.99. The normalized spacial score (nSPS) is 20.7. The first-order valence-electron chi connectivity index (χ1n) is 10.8. The van der Waals surface area contributed by atoms with E-state index in [4.69, 9.17) is 4.74 Å². The number of hydrogen-bond acceptors (Lipinski definition) is 5. The molecule has 0 spiro atoms. The first-order valence-corrected chi connectivity index (χ1v) is 10.8. The molecule has 2 aliphatic rings. The van der Waals surface area contributed by atoms with Crippen LogP contribution in [0.3, 0.4) is 0 Å². The Morgan fingerprint density at radius 2 is 1.87 bits per heavy atom.